The van der Waals surface area contributed by atoms with Gasteiger partial charge in [0.1, 0.15) is 22.7 Å². The van der Waals surface area contributed by atoms with Gasteiger partial charge in [-0.1, -0.05) is 0 Å². The topological polar surface area (TPSA) is 43.4 Å². The van der Waals surface area contributed by atoms with Gasteiger partial charge < -0.3 is 8.83 Å². The molecule has 0 bridgehead atoms. The fourth-order valence-corrected chi connectivity index (χ4v) is 2.64. The van der Waals surface area contributed by atoms with E-state index in [1.165, 1.54) is 18.2 Å². The minimum absolute atomic E-state index is 0.136. The van der Waals surface area contributed by atoms with E-state index in [0.717, 1.165) is 10.9 Å². The van der Waals surface area contributed by atoms with Crippen LogP contribution in [0, 0.1) is 12.7 Å². The maximum atomic E-state index is 13.0. The van der Waals surface area contributed by atoms with Crippen molar-refractivity contribution in [2.24, 2.45) is 0 Å². The molecule has 22 heavy (non-hydrogen) atoms. The monoisotopic (exact) mass is 294 g/mol. The third-order valence-corrected chi connectivity index (χ3v) is 3.74. The summed E-state index contributed by atoms with van der Waals surface area (Å²) < 4.78 is 24.4. The fraction of sp³-hybridized carbons (Fsp3) is 0.0556. The van der Waals surface area contributed by atoms with Crippen LogP contribution in [0.4, 0.5) is 4.39 Å². The Morgan fingerprint density at radius 2 is 1.82 bits per heavy atom. The molecule has 0 radical (unpaired) electrons. The number of halogens is 1. The molecule has 0 aliphatic rings. The normalized spacial score (nSPS) is 11.4. The molecule has 4 heteroatoms. The van der Waals surface area contributed by atoms with Crippen LogP contribution >= 0.6 is 0 Å². The first-order valence-corrected chi connectivity index (χ1v) is 6.84. The molecule has 2 heterocycles. The molecule has 0 atom stereocenters. The van der Waals surface area contributed by atoms with E-state index in [-0.39, 0.29) is 11.2 Å². The van der Waals surface area contributed by atoms with Crippen LogP contribution in [0.25, 0.3) is 33.3 Å². The van der Waals surface area contributed by atoms with Crippen LogP contribution in [-0.4, -0.2) is 0 Å². The van der Waals surface area contributed by atoms with Crippen molar-refractivity contribution in [3.63, 3.8) is 0 Å². The Morgan fingerprint density at radius 3 is 2.59 bits per heavy atom. The Morgan fingerprint density at radius 1 is 1.05 bits per heavy atom. The van der Waals surface area contributed by atoms with E-state index in [1.54, 1.807) is 30.5 Å². The molecule has 0 N–H and O–H groups in total. The van der Waals surface area contributed by atoms with Crippen molar-refractivity contribution in [1.29, 1.82) is 0 Å². The second-order valence-electron chi connectivity index (χ2n) is 5.22. The summed E-state index contributed by atoms with van der Waals surface area (Å²) in [6.45, 7) is 1.90. The molecule has 3 nitrogen and oxygen atoms in total. The van der Waals surface area contributed by atoms with Crippen LogP contribution < -0.4 is 5.43 Å². The molecule has 0 fully saturated rings. The standard InChI is InChI=1S/C18H11FO3/c1-10-9-21-15-7-6-13-14(20)8-16(22-18(13)17(10)15)11-2-4-12(19)5-3-11/h2-9H,1H3. The van der Waals surface area contributed by atoms with Crippen molar-refractivity contribution in [1.82, 2.24) is 0 Å². The zero-order valence-electron chi connectivity index (χ0n) is 11.7. The first-order valence-electron chi connectivity index (χ1n) is 6.84. The van der Waals surface area contributed by atoms with Gasteiger partial charge in [-0.25, -0.2) is 4.39 Å². The van der Waals surface area contributed by atoms with Crippen molar-refractivity contribution in [3.05, 3.63) is 70.3 Å². The van der Waals surface area contributed by atoms with Gasteiger partial charge in [-0.3, -0.25) is 4.79 Å². The van der Waals surface area contributed by atoms with E-state index >= 15 is 0 Å². The number of hydrogen-bond donors (Lipinski definition) is 0. The summed E-state index contributed by atoms with van der Waals surface area (Å²) in [7, 11) is 0. The van der Waals surface area contributed by atoms with Gasteiger partial charge >= 0.3 is 0 Å². The summed E-state index contributed by atoms with van der Waals surface area (Å²) in [6.07, 6.45) is 1.63. The molecule has 0 saturated heterocycles. The summed E-state index contributed by atoms with van der Waals surface area (Å²) in [5.74, 6) is 0.0746. The molecule has 0 aliphatic heterocycles. The van der Waals surface area contributed by atoms with Crippen molar-refractivity contribution >= 4 is 21.9 Å². The smallest absolute Gasteiger partial charge is 0.193 e. The quantitative estimate of drug-likeness (QED) is 0.513. The van der Waals surface area contributed by atoms with Gasteiger partial charge in [-0.2, -0.15) is 0 Å². The Hall–Kier alpha value is -2.88. The lowest BCUT2D eigenvalue weighted by Gasteiger charge is -2.04. The number of hydrogen-bond acceptors (Lipinski definition) is 3. The average Bonchev–Trinajstić information content (AvgIpc) is 2.90. The molecular formula is C18H11FO3. The molecule has 108 valence electrons. The predicted octanol–water partition coefficient (Wildman–Crippen LogP) is 4.65. The molecule has 0 aliphatic carbocycles. The SMILES string of the molecule is Cc1coc2ccc3c(=O)cc(-c4ccc(F)cc4)oc3c12. The first kappa shape index (κ1) is 12.8. The van der Waals surface area contributed by atoms with Crippen molar-refractivity contribution in [2.75, 3.05) is 0 Å². The van der Waals surface area contributed by atoms with E-state index in [4.69, 9.17) is 8.83 Å². The molecule has 0 spiro atoms. The summed E-state index contributed by atoms with van der Waals surface area (Å²) in [5.41, 5.74) is 2.58. The highest BCUT2D eigenvalue weighted by atomic mass is 19.1. The van der Waals surface area contributed by atoms with Gasteiger partial charge in [0.05, 0.1) is 17.0 Å². The maximum absolute atomic E-state index is 13.0. The van der Waals surface area contributed by atoms with Gasteiger partial charge in [-0.05, 0) is 48.9 Å². The fourth-order valence-electron chi connectivity index (χ4n) is 2.64. The van der Waals surface area contributed by atoms with Crippen molar-refractivity contribution in [2.45, 2.75) is 6.92 Å². The Kier molecular flexibility index (Phi) is 2.66. The highest BCUT2D eigenvalue weighted by Gasteiger charge is 2.13. The van der Waals surface area contributed by atoms with Crippen LogP contribution in [0.2, 0.25) is 0 Å². The van der Waals surface area contributed by atoms with Gasteiger partial charge in [-0.15, -0.1) is 0 Å². The molecule has 4 aromatic rings. The van der Waals surface area contributed by atoms with E-state index < -0.39 is 0 Å². The molecule has 0 unspecified atom stereocenters. The second kappa shape index (κ2) is 4.56. The van der Waals surface area contributed by atoms with E-state index in [2.05, 4.69) is 0 Å². The lowest BCUT2D eigenvalue weighted by atomic mass is 10.1. The third kappa shape index (κ3) is 1.84. The van der Waals surface area contributed by atoms with Crippen LogP contribution in [0.1, 0.15) is 5.56 Å². The minimum Gasteiger partial charge on any atom is -0.464 e. The van der Waals surface area contributed by atoms with E-state index in [9.17, 15) is 9.18 Å². The Bertz CT molecular complexity index is 1060. The molecule has 0 amide bonds. The zero-order chi connectivity index (χ0) is 15.3. The highest BCUT2D eigenvalue weighted by molar-refractivity contribution is 6.04. The van der Waals surface area contributed by atoms with Crippen LogP contribution in [-0.2, 0) is 0 Å². The van der Waals surface area contributed by atoms with Gasteiger partial charge in [0, 0.05) is 11.6 Å². The van der Waals surface area contributed by atoms with Crippen molar-refractivity contribution in [3.8, 4) is 11.3 Å². The molecule has 0 saturated carbocycles. The lowest BCUT2D eigenvalue weighted by molar-refractivity contribution is 0.610. The summed E-state index contributed by atoms with van der Waals surface area (Å²) in [5, 5.41) is 1.29. The van der Waals surface area contributed by atoms with Crippen LogP contribution in [0.15, 0.2) is 62.4 Å². The predicted molar refractivity (Wildman–Crippen MR) is 82.4 cm³/mol. The number of benzene rings is 2. The maximum Gasteiger partial charge on any atom is 0.193 e. The van der Waals surface area contributed by atoms with Gasteiger partial charge in [0.2, 0.25) is 0 Å². The molecular weight excluding hydrogens is 283 g/mol. The second-order valence-corrected chi connectivity index (χ2v) is 5.22. The molecule has 2 aromatic heterocycles. The van der Waals surface area contributed by atoms with E-state index in [0.29, 0.717) is 27.9 Å². The third-order valence-electron chi connectivity index (χ3n) is 3.74. The number of fused-ring (bicyclic) bond motifs is 3. The highest BCUT2D eigenvalue weighted by Crippen LogP contribution is 2.31. The van der Waals surface area contributed by atoms with Crippen LogP contribution in [0.3, 0.4) is 0 Å². The largest absolute Gasteiger partial charge is 0.464 e. The van der Waals surface area contributed by atoms with Crippen LogP contribution in [0.5, 0.6) is 0 Å². The van der Waals surface area contributed by atoms with Crippen molar-refractivity contribution < 1.29 is 13.2 Å². The first-order chi connectivity index (χ1) is 10.6. The average molecular weight is 294 g/mol. The summed E-state index contributed by atoms with van der Waals surface area (Å²) in [4.78, 5) is 12.4. The minimum atomic E-state index is -0.333. The number of aryl methyl sites for hydroxylation is 1. The number of furan rings is 1. The zero-order valence-corrected chi connectivity index (χ0v) is 11.7. The van der Waals surface area contributed by atoms with Gasteiger partial charge in [0.15, 0.2) is 5.43 Å². The lowest BCUT2D eigenvalue weighted by Crippen LogP contribution is -2.00. The van der Waals surface area contributed by atoms with Gasteiger partial charge in [0.25, 0.3) is 0 Å². The molecule has 4 rings (SSSR count). The Balaban J connectivity index is 2.09. The summed E-state index contributed by atoms with van der Waals surface area (Å²) >= 11 is 0. The summed E-state index contributed by atoms with van der Waals surface area (Å²) in [6, 6.07) is 10.7. The van der Waals surface area contributed by atoms with E-state index in [1.807, 2.05) is 6.92 Å². The Labute approximate surface area is 124 Å². The molecule has 2 aromatic carbocycles. The number of rotatable bonds is 1.